The molecular formula is C19H23NO3. The number of likely N-dealkylation sites (N-methyl/N-ethyl adjacent to an activating group) is 1. The Morgan fingerprint density at radius 2 is 2.13 bits per heavy atom. The first-order valence-corrected chi connectivity index (χ1v) is 8.52. The van der Waals surface area contributed by atoms with E-state index in [2.05, 4.69) is 30.2 Å². The molecule has 0 saturated carbocycles. The fourth-order valence-electron chi connectivity index (χ4n) is 5.66. The van der Waals surface area contributed by atoms with Gasteiger partial charge in [0.25, 0.3) is 0 Å². The summed E-state index contributed by atoms with van der Waals surface area (Å²) in [4.78, 5) is 2.55. The molecule has 1 aromatic rings. The molecule has 4 heteroatoms. The smallest absolute Gasteiger partial charge is 0.166 e. The van der Waals surface area contributed by atoms with E-state index in [-0.39, 0.29) is 11.5 Å². The molecule has 4 aliphatic rings. The van der Waals surface area contributed by atoms with Gasteiger partial charge in [0.2, 0.25) is 0 Å². The molecule has 122 valence electrons. The molecule has 1 aromatic carbocycles. The van der Waals surface area contributed by atoms with Crippen molar-refractivity contribution in [1.29, 1.82) is 0 Å². The number of ether oxygens (including phenoxy) is 3. The van der Waals surface area contributed by atoms with Crippen LogP contribution in [0.2, 0.25) is 0 Å². The zero-order valence-corrected chi connectivity index (χ0v) is 14.0. The van der Waals surface area contributed by atoms with Crippen molar-refractivity contribution in [2.75, 3.05) is 27.8 Å². The van der Waals surface area contributed by atoms with E-state index in [0.29, 0.717) is 12.0 Å². The maximum atomic E-state index is 6.50. The molecule has 0 radical (unpaired) electrons. The van der Waals surface area contributed by atoms with Crippen LogP contribution in [0.1, 0.15) is 24.0 Å². The molecule has 4 nitrogen and oxygen atoms in total. The van der Waals surface area contributed by atoms with Gasteiger partial charge in [-0.25, -0.2) is 0 Å². The van der Waals surface area contributed by atoms with Crippen LogP contribution in [-0.4, -0.2) is 44.9 Å². The lowest BCUT2D eigenvalue weighted by Gasteiger charge is -2.56. The molecule has 1 fully saturated rings. The van der Waals surface area contributed by atoms with E-state index in [1.165, 1.54) is 11.1 Å². The minimum atomic E-state index is 0.00722. The molecule has 2 aliphatic heterocycles. The van der Waals surface area contributed by atoms with E-state index in [1.807, 2.05) is 0 Å². The van der Waals surface area contributed by atoms with Crippen molar-refractivity contribution in [3.8, 4) is 11.5 Å². The van der Waals surface area contributed by atoms with Crippen LogP contribution in [0.5, 0.6) is 11.5 Å². The summed E-state index contributed by atoms with van der Waals surface area (Å²) in [6, 6.07) is 4.91. The molecule has 0 amide bonds. The van der Waals surface area contributed by atoms with Gasteiger partial charge in [0.15, 0.2) is 17.6 Å². The maximum absolute atomic E-state index is 6.50. The zero-order valence-electron chi connectivity index (χ0n) is 14.0. The van der Waals surface area contributed by atoms with E-state index >= 15 is 0 Å². The summed E-state index contributed by atoms with van der Waals surface area (Å²) in [5.74, 6) is 3.42. The molecule has 23 heavy (non-hydrogen) atoms. The third kappa shape index (κ3) is 1.46. The van der Waals surface area contributed by atoms with Crippen LogP contribution in [0.4, 0.5) is 0 Å². The molecule has 2 bridgehead atoms. The number of hydrogen-bond acceptors (Lipinski definition) is 4. The first kappa shape index (κ1) is 13.7. The fourth-order valence-corrected chi connectivity index (χ4v) is 5.66. The van der Waals surface area contributed by atoms with Crippen molar-refractivity contribution in [2.24, 2.45) is 5.92 Å². The van der Waals surface area contributed by atoms with E-state index < -0.39 is 0 Å². The standard InChI is InChI=1S/C19H23NO3/c1-20-9-8-19-12-5-7-15(22-3)18(19)23-17-14(21-2)6-4-11(16(17)19)10-13(12)20/h4,6-7,12-13,18H,5,8-10H2,1-3H3. The number of likely N-dealkylation sites (tertiary alicyclic amines) is 1. The zero-order chi connectivity index (χ0) is 15.8. The highest BCUT2D eigenvalue weighted by atomic mass is 16.6. The Kier molecular flexibility index (Phi) is 2.65. The number of rotatable bonds is 2. The van der Waals surface area contributed by atoms with Gasteiger partial charge >= 0.3 is 0 Å². The van der Waals surface area contributed by atoms with Crippen LogP contribution in [0.25, 0.3) is 0 Å². The third-order valence-electron chi connectivity index (χ3n) is 6.66. The summed E-state index contributed by atoms with van der Waals surface area (Å²) in [6.45, 7) is 1.12. The molecule has 2 aliphatic carbocycles. The highest BCUT2D eigenvalue weighted by Gasteiger charge is 2.64. The molecule has 1 spiro atoms. The van der Waals surface area contributed by atoms with Gasteiger partial charge < -0.3 is 19.1 Å². The summed E-state index contributed by atoms with van der Waals surface area (Å²) >= 11 is 0. The quantitative estimate of drug-likeness (QED) is 0.839. The minimum absolute atomic E-state index is 0.00722. The number of nitrogens with zero attached hydrogens (tertiary/aromatic N) is 1. The normalized spacial score (nSPS) is 36.8. The molecule has 0 aromatic heterocycles. The number of allylic oxidation sites excluding steroid dienone is 1. The van der Waals surface area contributed by atoms with Crippen LogP contribution in [0, 0.1) is 5.92 Å². The predicted molar refractivity (Wildman–Crippen MR) is 87.0 cm³/mol. The first-order valence-electron chi connectivity index (χ1n) is 8.52. The Hall–Kier alpha value is -1.68. The van der Waals surface area contributed by atoms with Crippen molar-refractivity contribution >= 4 is 0 Å². The second-order valence-corrected chi connectivity index (χ2v) is 7.32. The molecular weight excluding hydrogens is 290 g/mol. The van der Waals surface area contributed by atoms with Gasteiger partial charge in [0.1, 0.15) is 5.76 Å². The van der Waals surface area contributed by atoms with Crippen LogP contribution in [-0.2, 0) is 16.6 Å². The monoisotopic (exact) mass is 313 g/mol. The Bertz CT molecular complexity index is 713. The van der Waals surface area contributed by atoms with E-state index in [0.717, 1.165) is 43.1 Å². The lowest BCUT2D eigenvalue weighted by molar-refractivity contribution is -0.0267. The third-order valence-corrected chi connectivity index (χ3v) is 6.66. The number of benzene rings is 1. The summed E-state index contributed by atoms with van der Waals surface area (Å²) in [6.07, 6.45) is 5.58. The Labute approximate surface area is 137 Å². The van der Waals surface area contributed by atoms with Crippen molar-refractivity contribution in [3.63, 3.8) is 0 Å². The molecule has 0 N–H and O–H groups in total. The number of piperidine rings is 1. The Morgan fingerprint density at radius 1 is 1.26 bits per heavy atom. The Morgan fingerprint density at radius 3 is 2.91 bits per heavy atom. The van der Waals surface area contributed by atoms with Crippen LogP contribution < -0.4 is 9.47 Å². The summed E-state index contributed by atoms with van der Waals surface area (Å²) in [5, 5.41) is 0. The number of hydrogen-bond donors (Lipinski definition) is 0. The van der Waals surface area contributed by atoms with E-state index in [1.54, 1.807) is 14.2 Å². The molecule has 1 saturated heterocycles. The van der Waals surface area contributed by atoms with Crippen molar-refractivity contribution in [1.82, 2.24) is 4.90 Å². The van der Waals surface area contributed by atoms with E-state index in [4.69, 9.17) is 14.2 Å². The minimum Gasteiger partial charge on any atom is -0.497 e. The summed E-state index contributed by atoms with van der Waals surface area (Å²) in [5.41, 5.74) is 2.92. The molecule has 5 rings (SSSR count). The first-order chi connectivity index (χ1) is 11.2. The van der Waals surface area contributed by atoms with Gasteiger partial charge in [0.05, 0.1) is 14.2 Å². The van der Waals surface area contributed by atoms with Crippen LogP contribution in [0.3, 0.4) is 0 Å². The van der Waals surface area contributed by atoms with Crippen LogP contribution >= 0.6 is 0 Å². The lowest BCUT2D eigenvalue weighted by atomic mass is 9.53. The van der Waals surface area contributed by atoms with E-state index in [9.17, 15) is 0 Å². The van der Waals surface area contributed by atoms with Gasteiger partial charge in [-0.05, 0) is 56.5 Å². The van der Waals surface area contributed by atoms with Crippen molar-refractivity contribution in [3.05, 3.63) is 35.1 Å². The summed E-state index contributed by atoms with van der Waals surface area (Å²) in [7, 11) is 5.77. The van der Waals surface area contributed by atoms with Gasteiger partial charge in [-0.15, -0.1) is 0 Å². The number of methoxy groups -OCH3 is 2. The summed E-state index contributed by atoms with van der Waals surface area (Å²) < 4.78 is 17.8. The molecule has 4 unspecified atom stereocenters. The lowest BCUT2D eigenvalue weighted by Crippen LogP contribution is -2.63. The largest absolute Gasteiger partial charge is 0.497 e. The molecule has 4 atom stereocenters. The van der Waals surface area contributed by atoms with Crippen LogP contribution in [0.15, 0.2) is 24.0 Å². The average Bonchev–Trinajstić information content (AvgIpc) is 2.92. The second kappa shape index (κ2) is 4.44. The predicted octanol–water partition coefficient (Wildman–Crippen LogP) is 2.50. The molecule has 2 heterocycles. The van der Waals surface area contributed by atoms with Gasteiger partial charge in [-0.2, -0.15) is 0 Å². The topological polar surface area (TPSA) is 30.9 Å². The highest BCUT2D eigenvalue weighted by molar-refractivity contribution is 5.62. The Balaban J connectivity index is 1.80. The maximum Gasteiger partial charge on any atom is 0.166 e. The van der Waals surface area contributed by atoms with Gasteiger partial charge in [0, 0.05) is 17.0 Å². The van der Waals surface area contributed by atoms with Gasteiger partial charge in [-0.3, -0.25) is 0 Å². The second-order valence-electron chi connectivity index (χ2n) is 7.32. The fraction of sp³-hybridized carbons (Fsp3) is 0.579. The highest BCUT2D eigenvalue weighted by Crippen LogP contribution is 2.63. The average molecular weight is 313 g/mol. The van der Waals surface area contributed by atoms with Crippen molar-refractivity contribution in [2.45, 2.75) is 36.8 Å². The SMILES string of the molecule is COC1=CCC2C3Cc4ccc(OC)c5c4C2(CCN3C)C1O5. The van der Waals surface area contributed by atoms with Crippen molar-refractivity contribution < 1.29 is 14.2 Å². The van der Waals surface area contributed by atoms with Gasteiger partial charge in [-0.1, -0.05) is 6.07 Å².